The van der Waals surface area contributed by atoms with E-state index in [1.807, 2.05) is 13.0 Å². The fourth-order valence-electron chi connectivity index (χ4n) is 3.25. The molecule has 3 nitrogen and oxygen atoms in total. The van der Waals surface area contributed by atoms with E-state index >= 15 is 0 Å². The van der Waals surface area contributed by atoms with E-state index in [0.717, 1.165) is 38.2 Å². The number of hydrogen-bond acceptors (Lipinski definition) is 3. The van der Waals surface area contributed by atoms with Gasteiger partial charge >= 0.3 is 0 Å². The summed E-state index contributed by atoms with van der Waals surface area (Å²) in [4.78, 5) is 2.51. The minimum absolute atomic E-state index is 0.301. The van der Waals surface area contributed by atoms with Crippen LogP contribution >= 0.6 is 11.6 Å². The van der Waals surface area contributed by atoms with E-state index in [4.69, 9.17) is 16.3 Å². The molecule has 1 aromatic rings. The zero-order valence-corrected chi connectivity index (χ0v) is 15.4. The molecule has 2 atom stereocenters. The Balaban J connectivity index is 1.92. The molecule has 1 aliphatic rings. The summed E-state index contributed by atoms with van der Waals surface area (Å²) in [5.41, 5.74) is 2.93. The lowest BCUT2D eigenvalue weighted by Gasteiger charge is -2.18. The molecule has 2 unspecified atom stereocenters. The molecular formula is C19H27ClN2O. The van der Waals surface area contributed by atoms with Gasteiger partial charge in [0.1, 0.15) is 0 Å². The van der Waals surface area contributed by atoms with Gasteiger partial charge in [0.05, 0.1) is 24.3 Å². The first-order chi connectivity index (χ1) is 10.9. The molecular weight excluding hydrogens is 308 g/mol. The second-order valence-electron chi connectivity index (χ2n) is 6.98. The van der Waals surface area contributed by atoms with Gasteiger partial charge in [0.2, 0.25) is 0 Å². The van der Waals surface area contributed by atoms with Crippen molar-refractivity contribution in [2.45, 2.75) is 40.2 Å². The highest BCUT2D eigenvalue weighted by Gasteiger charge is 2.29. The molecule has 0 N–H and O–H groups in total. The quantitative estimate of drug-likeness (QED) is 0.787. The van der Waals surface area contributed by atoms with Crippen molar-refractivity contribution < 1.29 is 4.74 Å². The minimum Gasteiger partial charge on any atom is -0.378 e. The van der Waals surface area contributed by atoms with Crippen LogP contribution in [0.2, 0.25) is 5.02 Å². The Morgan fingerprint density at radius 2 is 2.13 bits per heavy atom. The van der Waals surface area contributed by atoms with Gasteiger partial charge in [0.15, 0.2) is 0 Å². The van der Waals surface area contributed by atoms with Crippen molar-refractivity contribution in [2.75, 3.05) is 26.2 Å². The second-order valence-corrected chi connectivity index (χ2v) is 7.41. The number of ether oxygens (including phenoxy) is 1. The molecule has 1 saturated heterocycles. The average Bonchev–Trinajstić information content (AvgIpc) is 2.85. The highest BCUT2D eigenvalue weighted by atomic mass is 35.5. The molecule has 0 radical (unpaired) electrons. The van der Waals surface area contributed by atoms with Gasteiger partial charge in [-0.2, -0.15) is 5.26 Å². The maximum atomic E-state index is 9.19. The molecule has 126 valence electrons. The molecule has 0 aromatic heterocycles. The molecule has 1 aromatic carbocycles. The van der Waals surface area contributed by atoms with Gasteiger partial charge in [-0.15, -0.1) is 0 Å². The largest absolute Gasteiger partial charge is 0.378 e. The summed E-state index contributed by atoms with van der Waals surface area (Å²) in [5, 5.41) is 9.84. The lowest BCUT2D eigenvalue weighted by Crippen LogP contribution is -2.25. The molecule has 0 aliphatic carbocycles. The van der Waals surface area contributed by atoms with E-state index < -0.39 is 0 Å². The molecule has 1 fully saturated rings. The SMILES string of the molecule is Cc1c(C#N)cc(Cl)cc1CCN1CC(C)C(COC(C)C)C1. The first-order valence-corrected chi connectivity index (χ1v) is 8.81. The molecule has 0 saturated carbocycles. The maximum absolute atomic E-state index is 9.19. The van der Waals surface area contributed by atoms with Crippen molar-refractivity contribution in [1.29, 1.82) is 5.26 Å². The van der Waals surface area contributed by atoms with Crippen molar-refractivity contribution in [1.82, 2.24) is 4.90 Å². The van der Waals surface area contributed by atoms with E-state index in [1.165, 1.54) is 5.56 Å². The van der Waals surface area contributed by atoms with Crippen LogP contribution in [0.4, 0.5) is 0 Å². The molecule has 0 amide bonds. The number of nitrogens with zero attached hydrogens (tertiary/aromatic N) is 2. The van der Waals surface area contributed by atoms with Crippen LogP contribution in [0, 0.1) is 30.1 Å². The van der Waals surface area contributed by atoms with Crippen molar-refractivity contribution in [3.05, 3.63) is 33.8 Å². The van der Waals surface area contributed by atoms with Crippen LogP contribution in [0.25, 0.3) is 0 Å². The molecule has 0 bridgehead atoms. The van der Waals surface area contributed by atoms with Crippen LogP contribution in [-0.4, -0.2) is 37.2 Å². The Morgan fingerprint density at radius 3 is 2.78 bits per heavy atom. The van der Waals surface area contributed by atoms with Gasteiger partial charge < -0.3 is 9.64 Å². The minimum atomic E-state index is 0.301. The summed E-state index contributed by atoms with van der Waals surface area (Å²) in [5.74, 6) is 1.29. The van der Waals surface area contributed by atoms with Crippen LogP contribution in [0.1, 0.15) is 37.5 Å². The topological polar surface area (TPSA) is 36.3 Å². The monoisotopic (exact) mass is 334 g/mol. The molecule has 0 spiro atoms. The normalized spacial score (nSPS) is 21.8. The number of rotatable bonds is 6. The first kappa shape index (κ1) is 18.3. The van der Waals surface area contributed by atoms with Gasteiger partial charge in [-0.25, -0.2) is 0 Å². The third-order valence-corrected chi connectivity index (χ3v) is 5.00. The molecule has 1 heterocycles. The number of halogens is 1. The fraction of sp³-hybridized carbons (Fsp3) is 0.632. The maximum Gasteiger partial charge on any atom is 0.0995 e. The predicted octanol–water partition coefficient (Wildman–Crippen LogP) is 4.06. The highest BCUT2D eigenvalue weighted by molar-refractivity contribution is 6.30. The van der Waals surface area contributed by atoms with E-state index in [0.29, 0.717) is 28.5 Å². The van der Waals surface area contributed by atoms with Crippen molar-refractivity contribution in [3.63, 3.8) is 0 Å². The van der Waals surface area contributed by atoms with E-state index in [2.05, 4.69) is 31.7 Å². The van der Waals surface area contributed by atoms with Gasteiger partial charge in [-0.1, -0.05) is 18.5 Å². The third-order valence-electron chi connectivity index (χ3n) is 4.79. The zero-order chi connectivity index (χ0) is 17.0. The Kier molecular flexibility index (Phi) is 6.47. The fourth-order valence-corrected chi connectivity index (χ4v) is 3.49. The van der Waals surface area contributed by atoms with Crippen LogP contribution in [0.3, 0.4) is 0 Å². The van der Waals surface area contributed by atoms with Gasteiger partial charge in [-0.3, -0.25) is 0 Å². The molecule has 23 heavy (non-hydrogen) atoms. The Hall–Kier alpha value is -1.08. The number of benzene rings is 1. The summed E-state index contributed by atoms with van der Waals surface area (Å²) in [6.07, 6.45) is 1.24. The molecule has 1 aliphatic heterocycles. The average molecular weight is 335 g/mol. The number of nitriles is 1. The van der Waals surface area contributed by atoms with E-state index in [1.54, 1.807) is 6.07 Å². The lowest BCUT2D eigenvalue weighted by atomic mass is 9.99. The van der Waals surface area contributed by atoms with Crippen LogP contribution in [-0.2, 0) is 11.2 Å². The summed E-state index contributed by atoms with van der Waals surface area (Å²) in [6.45, 7) is 12.6. The highest BCUT2D eigenvalue weighted by Crippen LogP contribution is 2.25. The number of likely N-dealkylation sites (tertiary alicyclic amines) is 1. The van der Waals surface area contributed by atoms with Crippen molar-refractivity contribution in [3.8, 4) is 6.07 Å². The Labute approximate surface area is 145 Å². The van der Waals surface area contributed by atoms with Crippen LogP contribution in [0.5, 0.6) is 0 Å². The van der Waals surface area contributed by atoms with Gasteiger partial charge in [0, 0.05) is 24.7 Å². The van der Waals surface area contributed by atoms with Crippen molar-refractivity contribution >= 4 is 11.6 Å². The van der Waals surface area contributed by atoms with Gasteiger partial charge in [0.25, 0.3) is 0 Å². The molecule has 4 heteroatoms. The lowest BCUT2D eigenvalue weighted by molar-refractivity contribution is 0.0455. The molecule has 2 rings (SSSR count). The Morgan fingerprint density at radius 1 is 1.39 bits per heavy atom. The van der Waals surface area contributed by atoms with Gasteiger partial charge in [-0.05, 0) is 62.3 Å². The standard InChI is InChI=1S/C19H27ClN2O/c1-13(2)23-12-18-11-22(10-14(18)3)6-5-16-7-19(20)8-17(9-21)15(16)4/h7-8,13-14,18H,5-6,10-12H2,1-4H3. The van der Waals surface area contributed by atoms with E-state index in [-0.39, 0.29) is 0 Å². The summed E-state index contributed by atoms with van der Waals surface area (Å²) in [6, 6.07) is 5.98. The second kappa shape index (κ2) is 8.15. The van der Waals surface area contributed by atoms with Crippen LogP contribution in [0.15, 0.2) is 12.1 Å². The number of hydrogen-bond donors (Lipinski definition) is 0. The first-order valence-electron chi connectivity index (χ1n) is 8.43. The van der Waals surface area contributed by atoms with E-state index in [9.17, 15) is 5.26 Å². The Bertz CT molecular complexity index is 579. The summed E-state index contributed by atoms with van der Waals surface area (Å²) < 4.78 is 5.79. The smallest absolute Gasteiger partial charge is 0.0995 e. The zero-order valence-electron chi connectivity index (χ0n) is 14.6. The third kappa shape index (κ3) is 4.94. The summed E-state index contributed by atoms with van der Waals surface area (Å²) in [7, 11) is 0. The van der Waals surface area contributed by atoms with Crippen molar-refractivity contribution in [2.24, 2.45) is 11.8 Å². The van der Waals surface area contributed by atoms with Crippen LogP contribution < -0.4 is 0 Å². The predicted molar refractivity (Wildman–Crippen MR) is 94.8 cm³/mol. The summed E-state index contributed by atoms with van der Waals surface area (Å²) >= 11 is 6.13.